The van der Waals surface area contributed by atoms with E-state index in [9.17, 15) is 9.59 Å². The van der Waals surface area contributed by atoms with Gasteiger partial charge in [0.15, 0.2) is 14.1 Å². The van der Waals surface area contributed by atoms with Crippen LogP contribution >= 0.6 is 0 Å². The van der Waals surface area contributed by atoms with Crippen molar-refractivity contribution in [1.82, 2.24) is 24.9 Å². The van der Waals surface area contributed by atoms with Crippen LogP contribution in [-0.4, -0.2) is 78.4 Å². The largest absolute Gasteiger partial charge is 0.466 e. The summed E-state index contributed by atoms with van der Waals surface area (Å²) in [6.45, 7) is 24.2. The highest BCUT2D eigenvalue weighted by Gasteiger charge is 2.54. The number of ether oxygens (including phenoxy) is 2. The zero-order valence-electron chi connectivity index (χ0n) is 32.6. The van der Waals surface area contributed by atoms with E-state index >= 15 is 0 Å². The van der Waals surface area contributed by atoms with Crippen molar-refractivity contribution in [3.8, 4) is 23.2 Å². The molecule has 3 aromatic rings. The Kier molecular flexibility index (Phi) is 12.1. The van der Waals surface area contributed by atoms with Gasteiger partial charge in [-0.3, -0.25) is 4.79 Å². The van der Waals surface area contributed by atoms with Crippen molar-refractivity contribution in [3.63, 3.8) is 0 Å². The number of nitrogens with one attached hydrogen (secondary N) is 1. The number of benzene rings is 1. The summed E-state index contributed by atoms with van der Waals surface area (Å²) < 4.78 is 25.2. The molecular formula is C40H57N5O6Si. The molecule has 2 aliphatic rings. The van der Waals surface area contributed by atoms with Crippen LogP contribution in [0.25, 0.3) is 11.3 Å². The Morgan fingerprint density at radius 2 is 1.79 bits per heavy atom. The van der Waals surface area contributed by atoms with E-state index in [1.54, 1.807) is 6.20 Å². The first-order valence-electron chi connectivity index (χ1n) is 18.6. The van der Waals surface area contributed by atoms with Gasteiger partial charge in [-0.05, 0) is 102 Å². The number of hydrogen-bond donors (Lipinski definition) is 1. The van der Waals surface area contributed by atoms with Gasteiger partial charge in [-0.1, -0.05) is 37.8 Å². The van der Waals surface area contributed by atoms with E-state index in [-0.39, 0.29) is 23.7 Å². The summed E-state index contributed by atoms with van der Waals surface area (Å²) in [5.74, 6) is 9.82. The molecule has 0 bridgehead atoms. The number of esters is 1. The normalized spacial score (nSPS) is 20.0. The maximum absolute atomic E-state index is 12.7. The molecular weight excluding hydrogens is 675 g/mol. The molecule has 2 aromatic heterocycles. The van der Waals surface area contributed by atoms with E-state index in [0.717, 1.165) is 43.0 Å². The molecule has 2 fully saturated rings. The van der Waals surface area contributed by atoms with Gasteiger partial charge in [-0.15, -0.1) is 0 Å². The summed E-state index contributed by atoms with van der Waals surface area (Å²) in [6, 6.07) is 9.51. The molecule has 2 unspecified atom stereocenters. The van der Waals surface area contributed by atoms with Crippen molar-refractivity contribution in [2.75, 3.05) is 32.8 Å². The minimum absolute atomic E-state index is 0.0333. The molecule has 4 atom stereocenters. The van der Waals surface area contributed by atoms with Gasteiger partial charge in [0.1, 0.15) is 23.2 Å². The predicted octanol–water partition coefficient (Wildman–Crippen LogP) is 7.61. The highest BCUT2D eigenvalue weighted by molar-refractivity contribution is 6.74. The summed E-state index contributed by atoms with van der Waals surface area (Å²) in [5.41, 5.74) is 1.85. The molecule has 282 valence electrons. The molecule has 1 saturated heterocycles. The summed E-state index contributed by atoms with van der Waals surface area (Å²) in [6.07, 6.45) is 4.18. The first kappa shape index (κ1) is 39.3. The van der Waals surface area contributed by atoms with Gasteiger partial charge in [0.05, 0.1) is 12.6 Å². The molecule has 1 amide bonds. The predicted molar refractivity (Wildman–Crippen MR) is 203 cm³/mol. The molecule has 12 heteroatoms. The van der Waals surface area contributed by atoms with Crippen LogP contribution in [0.1, 0.15) is 97.5 Å². The van der Waals surface area contributed by atoms with Crippen molar-refractivity contribution in [3.05, 3.63) is 59.8 Å². The van der Waals surface area contributed by atoms with Crippen molar-refractivity contribution < 1.29 is 28.0 Å². The van der Waals surface area contributed by atoms with Crippen LogP contribution in [0, 0.1) is 29.6 Å². The lowest BCUT2D eigenvalue weighted by molar-refractivity contribution is -0.143. The summed E-state index contributed by atoms with van der Waals surface area (Å²) in [4.78, 5) is 31.5. The lowest BCUT2D eigenvalue weighted by Gasteiger charge is -2.38. The van der Waals surface area contributed by atoms with Crippen LogP contribution in [0.5, 0.6) is 0 Å². The number of piperidine rings is 1. The molecule has 1 aliphatic heterocycles. The second-order valence-electron chi connectivity index (χ2n) is 16.6. The van der Waals surface area contributed by atoms with E-state index in [2.05, 4.69) is 61.1 Å². The zero-order valence-corrected chi connectivity index (χ0v) is 33.6. The van der Waals surface area contributed by atoms with E-state index in [1.165, 1.54) is 0 Å². The van der Waals surface area contributed by atoms with Gasteiger partial charge >= 0.3 is 12.1 Å². The van der Waals surface area contributed by atoms with Gasteiger partial charge < -0.3 is 33.2 Å². The minimum Gasteiger partial charge on any atom is -0.466 e. The monoisotopic (exact) mass is 731 g/mol. The minimum atomic E-state index is -2.10. The number of likely N-dealkylation sites (tertiary alicyclic amines) is 1. The number of carbonyl (C=O) groups excluding carboxylic acids is 2. The maximum atomic E-state index is 12.7. The molecule has 3 heterocycles. The fourth-order valence-corrected chi connectivity index (χ4v) is 7.91. The second kappa shape index (κ2) is 16.0. The molecule has 1 N–H and O–H groups in total. The standard InChI is InChI=1S/C40H57N5O6Si/c1-11-48-36(46)13-12-21-44-25-31-30(32(31)26-44)19-16-28-14-17-29(18-15-28)35-23-33(43-50-35)34(24-42-38(47)49-39(3,4)5)45-22-20-41-37(45)27(2)51-52(9,10)40(6,7)8/h14-15,17-18,20,22-23,27,30-32,34H,11-13,21,24-26H2,1-10H3,(H,42,47)/t27-,30?,31?,32?,34+/m0/s1. The SMILES string of the molecule is CCOC(=O)CCCN1CC2C(C#Cc3ccc(-c4cc([C@@H](CNC(=O)OC(C)(C)C)n5ccnc5[C@H](C)O[Si](C)(C)C(C)(C)C)no4)cc3)C2C1. The van der Waals surface area contributed by atoms with Gasteiger partial charge in [-0.25, -0.2) is 9.78 Å². The van der Waals surface area contributed by atoms with Crippen molar-refractivity contribution >= 4 is 20.4 Å². The van der Waals surface area contributed by atoms with Crippen molar-refractivity contribution in [2.45, 2.75) is 104 Å². The van der Waals surface area contributed by atoms with E-state index < -0.39 is 26.1 Å². The number of hydrogen-bond acceptors (Lipinski definition) is 9. The molecule has 1 saturated carbocycles. The lowest BCUT2D eigenvalue weighted by atomic mass is 10.1. The highest BCUT2D eigenvalue weighted by atomic mass is 28.4. The zero-order chi connectivity index (χ0) is 37.8. The van der Waals surface area contributed by atoms with Gasteiger partial charge in [0.2, 0.25) is 0 Å². The molecule has 0 radical (unpaired) electrons. The Morgan fingerprint density at radius 1 is 1.10 bits per heavy atom. The number of carbonyl (C=O) groups is 2. The second-order valence-corrected chi connectivity index (χ2v) is 21.4. The Labute approximate surface area is 310 Å². The maximum Gasteiger partial charge on any atom is 0.407 e. The summed E-state index contributed by atoms with van der Waals surface area (Å²) in [5, 5.41) is 7.44. The van der Waals surface area contributed by atoms with Crippen LogP contribution in [0.3, 0.4) is 0 Å². The van der Waals surface area contributed by atoms with E-state index in [4.69, 9.17) is 23.4 Å². The average Bonchev–Trinajstić information content (AvgIpc) is 3.55. The van der Waals surface area contributed by atoms with E-state index in [1.807, 2.05) is 75.7 Å². The van der Waals surface area contributed by atoms with Crippen LogP contribution < -0.4 is 5.32 Å². The summed E-state index contributed by atoms with van der Waals surface area (Å²) >= 11 is 0. The van der Waals surface area contributed by atoms with Gasteiger partial charge in [-0.2, -0.15) is 0 Å². The number of rotatable bonds is 13. The smallest absolute Gasteiger partial charge is 0.407 e. The van der Waals surface area contributed by atoms with E-state index in [0.29, 0.717) is 42.2 Å². The third-order valence-corrected chi connectivity index (χ3v) is 14.9. The molecule has 1 aromatic carbocycles. The van der Waals surface area contributed by atoms with Crippen molar-refractivity contribution in [2.24, 2.45) is 17.8 Å². The number of alkyl carbamates (subject to hydrolysis) is 1. The highest BCUT2D eigenvalue weighted by Crippen LogP contribution is 2.51. The topological polar surface area (TPSA) is 121 Å². The number of aromatic nitrogens is 3. The number of nitrogens with zero attached hydrogens (tertiary/aromatic N) is 4. The lowest BCUT2D eigenvalue weighted by Crippen LogP contribution is -2.42. The van der Waals surface area contributed by atoms with Crippen LogP contribution in [0.4, 0.5) is 4.79 Å². The Balaban J connectivity index is 1.25. The van der Waals surface area contributed by atoms with Gasteiger partial charge in [0, 0.05) is 61.6 Å². The van der Waals surface area contributed by atoms with Gasteiger partial charge in [0.25, 0.3) is 0 Å². The van der Waals surface area contributed by atoms with Crippen LogP contribution in [-0.2, 0) is 18.7 Å². The average molecular weight is 732 g/mol. The third-order valence-electron chi connectivity index (χ3n) is 10.4. The Bertz CT molecular complexity index is 1730. The number of amides is 1. The Morgan fingerprint density at radius 3 is 2.42 bits per heavy atom. The third kappa shape index (κ3) is 9.93. The molecule has 11 nitrogen and oxygen atoms in total. The first-order chi connectivity index (χ1) is 24.5. The Hall–Kier alpha value is -3.92. The van der Waals surface area contributed by atoms with Crippen LogP contribution in [0.2, 0.25) is 18.1 Å². The molecule has 52 heavy (non-hydrogen) atoms. The fraction of sp³-hybridized carbons (Fsp3) is 0.600. The number of fused-ring (bicyclic) bond motifs is 1. The molecule has 5 rings (SSSR count). The first-order valence-corrected chi connectivity index (χ1v) is 21.5. The quantitative estimate of drug-likeness (QED) is 0.108. The summed E-state index contributed by atoms with van der Waals surface area (Å²) in [7, 11) is -2.10. The van der Waals surface area contributed by atoms with Crippen LogP contribution in [0.15, 0.2) is 47.2 Å². The number of imidazole rings is 1. The van der Waals surface area contributed by atoms with Crippen molar-refractivity contribution in [1.29, 1.82) is 0 Å². The fourth-order valence-electron chi connectivity index (χ4n) is 6.57. The molecule has 0 spiro atoms. The molecule has 1 aliphatic carbocycles.